The molecule has 0 rings (SSSR count). The molecule has 0 unspecified atom stereocenters. The maximum absolute atomic E-state index is 4.82. The van der Waals surface area contributed by atoms with E-state index in [2.05, 4.69) is 25.7 Å². The quantitative estimate of drug-likeness (QED) is 0.594. The summed E-state index contributed by atoms with van der Waals surface area (Å²) < 4.78 is 0. The first-order chi connectivity index (χ1) is 4.04. The zero-order valence-corrected chi connectivity index (χ0v) is 7.01. The van der Waals surface area contributed by atoms with Crippen molar-refractivity contribution in [1.29, 1.82) is 0 Å². The molecule has 0 amide bonds. The lowest BCUT2D eigenvalue weighted by molar-refractivity contribution is 0.732. The summed E-state index contributed by atoms with van der Waals surface area (Å²) in [5, 5.41) is 2.98. The summed E-state index contributed by atoms with van der Waals surface area (Å²) in [6.45, 7) is 9.80. The second-order valence-electron chi connectivity index (χ2n) is 2.36. The van der Waals surface area contributed by atoms with Crippen LogP contribution in [0, 0.1) is 5.92 Å². The van der Waals surface area contributed by atoms with Crippen molar-refractivity contribution in [2.45, 2.75) is 20.8 Å². The van der Waals surface area contributed by atoms with Gasteiger partial charge in [-0.25, -0.2) is 0 Å². The molecule has 0 aromatic rings. The average Bonchev–Trinajstić information content (AvgIpc) is 1.63. The van der Waals surface area contributed by atoms with Gasteiger partial charge in [0.1, 0.15) is 0 Å². The molecule has 9 heavy (non-hydrogen) atoms. The van der Waals surface area contributed by atoms with Crippen molar-refractivity contribution in [3.05, 3.63) is 12.3 Å². The summed E-state index contributed by atoms with van der Waals surface area (Å²) >= 11 is 4.82. The van der Waals surface area contributed by atoms with Gasteiger partial charge in [-0.2, -0.15) is 0 Å². The zero-order chi connectivity index (χ0) is 7.44. The van der Waals surface area contributed by atoms with Crippen LogP contribution in [-0.2, 0) is 0 Å². The van der Waals surface area contributed by atoms with E-state index in [0.717, 1.165) is 10.7 Å². The van der Waals surface area contributed by atoms with Gasteiger partial charge in [0.25, 0.3) is 0 Å². The van der Waals surface area contributed by atoms with Gasteiger partial charge in [-0.3, -0.25) is 0 Å². The highest BCUT2D eigenvalue weighted by Gasteiger charge is 1.97. The van der Waals surface area contributed by atoms with Crippen LogP contribution in [0.4, 0.5) is 0 Å². The van der Waals surface area contributed by atoms with Crippen LogP contribution in [0.1, 0.15) is 20.8 Å². The first kappa shape index (κ1) is 8.63. The second kappa shape index (κ2) is 3.62. The molecule has 1 N–H and O–H groups in total. The molecule has 0 aromatic heterocycles. The molecule has 0 atom stereocenters. The van der Waals surface area contributed by atoms with Gasteiger partial charge in [0.15, 0.2) is 0 Å². The van der Waals surface area contributed by atoms with E-state index in [1.165, 1.54) is 0 Å². The Morgan fingerprint density at radius 3 is 2.11 bits per heavy atom. The van der Waals surface area contributed by atoms with Gasteiger partial charge in [0, 0.05) is 5.70 Å². The number of thiocarbonyl (C=S) groups is 1. The number of hydrogen-bond donors (Lipinski definition) is 1. The maximum Gasteiger partial charge on any atom is 0.0763 e. The van der Waals surface area contributed by atoms with Crippen LogP contribution >= 0.6 is 12.2 Å². The van der Waals surface area contributed by atoms with Gasteiger partial charge in [-0.1, -0.05) is 32.6 Å². The second-order valence-corrected chi connectivity index (χ2v) is 2.97. The first-order valence-corrected chi connectivity index (χ1v) is 3.41. The van der Waals surface area contributed by atoms with Crippen molar-refractivity contribution in [3.63, 3.8) is 0 Å². The highest BCUT2D eigenvalue weighted by Crippen LogP contribution is 2.01. The molecule has 1 nitrogen and oxygen atoms in total. The fourth-order valence-corrected chi connectivity index (χ4v) is 0.502. The molecule has 0 aliphatic heterocycles. The minimum atomic E-state index is 0.461. The summed E-state index contributed by atoms with van der Waals surface area (Å²) in [6, 6.07) is 0. The van der Waals surface area contributed by atoms with Crippen LogP contribution in [-0.4, -0.2) is 4.99 Å². The van der Waals surface area contributed by atoms with Crippen LogP contribution in [0.3, 0.4) is 0 Å². The summed E-state index contributed by atoms with van der Waals surface area (Å²) in [5.74, 6) is 0.461. The van der Waals surface area contributed by atoms with Gasteiger partial charge in [-0.15, -0.1) is 0 Å². The van der Waals surface area contributed by atoms with E-state index < -0.39 is 0 Å². The zero-order valence-electron chi connectivity index (χ0n) is 6.19. The summed E-state index contributed by atoms with van der Waals surface area (Å²) in [4.78, 5) is 0.786. The molecule has 0 heterocycles. The Hall–Kier alpha value is -0.370. The third-order valence-corrected chi connectivity index (χ3v) is 1.14. The Morgan fingerprint density at radius 2 is 2.00 bits per heavy atom. The molecule has 0 radical (unpaired) electrons. The Kier molecular flexibility index (Phi) is 3.47. The van der Waals surface area contributed by atoms with E-state index in [0.29, 0.717) is 5.92 Å². The lowest BCUT2D eigenvalue weighted by atomic mass is 10.2. The number of rotatable bonds is 2. The van der Waals surface area contributed by atoms with Crippen molar-refractivity contribution in [1.82, 2.24) is 5.32 Å². The maximum atomic E-state index is 4.82. The minimum absolute atomic E-state index is 0.461. The van der Waals surface area contributed by atoms with Crippen LogP contribution in [0.5, 0.6) is 0 Å². The summed E-state index contributed by atoms with van der Waals surface area (Å²) in [7, 11) is 0. The van der Waals surface area contributed by atoms with Crippen LogP contribution in [0.2, 0.25) is 0 Å². The number of hydrogen-bond acceptors (Lipinski definition) is 1. The van der Waals surface area contributed by atoms with Crippen molar-refractivity contribution >= 4 is 17.2 Å². The monoisotopic (exact) mass is 143 g/mol. The van der Waals surface area contributed by atoms with Crippen LogP contribution in [0.15, 0.2) is 12.3 Å². The smallest absolute Gasteiger partial charge is 0.0763 e. The Bertz CT molecular complexity index is 127. The molecular weight excluding hydrogens is 130 g/mol. The van der Waals surface area contributed by atoms with Crippen molar-refractivity contribution in [3.8, 4) is 0 Å². The molecule has 0 aliphatic rings. The molecule has 0 fully saturated rings. The molecular formula is C7H13NS. The fourth-order valence-electron chi connectivity index (χ4n) is 0.370. The molecule has 0 bridgehead atoms. The van der Waals surface area contributed by atoms with Gasteiger partial charge < -0.3 is 5.32 Å². The van der Waals surface area contributed by atoms with E-state index in [9.17, 15) is 0 Å². The third-order valence-electron chi connectivity index (χ3n) is 1.03. The van der Waals surface area contributed by atoms with Crippen molar-refractivity contribution in [2.24, 2.45) is 5.92 Å². The fraction of sp³-hybridized carbons (Fsp3) is 0.571. The van der Waals surface area contributed by atoms with Crippen LogP contribution < -0.4 is 5.32 Å². The van der Waals surface area contributed by atoms with Gasteiger partial charge in [-0.05, 0) is 12.8 Å². The highest BCUT2D eigenvalue weighted by atomic mass is 32.1. The largest absolute Gasteiger partial charge is 0.354 e. The lowest BCUT2D eigenvalue weighted by Crippen LogP contribution is -2.19. The first-order valence-electron chi connectivity index (χ1n) is 3.00. The molecule has 52 valence electrons. The molecule has 0 saturated heterocycles. The Balaban J connectivity index is 3.64. The predicted molar refractivity (Wildman–Crippen MR) is 45.4 cm³/mol. The van der Waals surface area contributed by atoms with E-state index in [-0.39, 0.29) is 0 Å². The Labute approximate surface area is 62.1 Å². The minimum Gasteiger partial charge on any atom is -0.354 e. The van der Waals surface area contributed by atoms with Gasteiger partial charge in [0.2, 0.25) is 0 Å². The topological polar surface area (TPSA) is 12.0 Å². The van der Waals surface area contributed by atoms with Crippen molar-refractivity contribution in [2.75, 3.05) is 0 Å². The molecule has 0 aromatic carbocycles. The average molecular weight is 143 g/mol. The molecule has 0 spiro atoms. The lowest BCUT2D eigenvalue weighted by Gasteiger charge is -2.09. The standard InChI is InChI=1S/C7H13NS/c1-5(2)6(3)8-7(4)9/h5H,3H2,1-2,4H3,(H,8,9). The molecule has 2 heteroatoms. The van der Waals surface area contributed by atoms with E-state index in [1.54, 1.807) is 0 Å². The number of allylic oxidation sites excluding steroid dienone is 1. The SMILES string of the molecule is C=C(NC(C)=S)C(C)C. The normalized spacial score (nSPS) is 9.33. The Morgan fingerprint density at radius 1 is 1.56 bits per heavy atom. The summed E-state index contributed by atoms with van der Waals surface area (Å²) in [5.41, 5.74) is 0.988. The number of nitrogens with one attached hydrogen (secondary N) is 1. The van der Waals surface area contributed by atoms with Gasteiger partial charge >= 0.3 is 0 Å². The van der Waals surface area contributed by atoms with E-state index in [4.69, 9.17) is 12.2 Å². The predicted octanol–water partition coefficient (Wildman–Crippen LogP) is 2.09. The van der Waals surface area contributed by atoms with E-state index >= 15 is 0 Å². The highest BCUT2D eigenvalue weighted by molar-refractivity contribution is 7.80. The van der Waals surface area contributed by atoms with E-state index in [1.807, 2.05) is 6.92 Å². The third kappa shape index (κ3) is 4.15. The van der Waals surface area contributed by atoms with Crippen LogP contribution in [0.25, 0.3) is 0 Å². The van der Waals surface area contributed by atoms with Crippen molar-refractivity contribution < 1.29 is 0 Å². The molecule has 0 saturated carbocycles. The summed E-state index contributed by atoms with van der Waals surface area (Å²) in [6.07, 6.45) is 0. The van der Waals surface area contributed by atoms with Gasteiger partial charge in [0.05, 0.1) is 4.99 Å². The molecule has 0 aliphatic carbocycles.